The number of hydrogen-bond donors (Lipinski definition) is 0. The first-order chi connectivity index (χ1) is 5.19. The van der Waals surface area contributed by atoms with Crippen LogP contribution in [0.4, 0.5) is 0 Å². The molecule has 4 nitrogen and oxygen atoms in total. The van der Waals surface area contributed by atoms with Crippen molar-refractivity contribution in [2.75, 3.05) is 20.7 Å². The van der Waals surface area contributed by atoms with Crippen molar-refractivity contribution in [3.8, 4) is 0 Å². The van der Waals surface area contributed by atoms with E-state index in [0.29, 0.717) is 0 Å². The van der Waals surface area contributed by atoms with E-state index < -0.39 is 14.8 Å². The smallest absolute Gasteiger partial charge is 0.299 e. The lowest BCUT2D eigenvalue weighted by molar-refractivity contribution is 0.0120. The summed E-state index contributed by atoms with van der Waals surface area (Å²) in [5.41, 5.74) is -0.517. The first-order valence-electron chi connectivity index (χ1n) is 3.40. The molecule has 0 aliphatic carbocycles. The molecule has 0 aromatic heterocycles. The van der Waals surface area contributed by atoms with Gasteiger partial charge in [-0.3, -0.25) is 0 Å². The molecule has 0 saturated carbocycles. The molecular formula is C6H14ClNO3S. The summed E-state index contributed by atoms with van der Waals surface area (Å²) in [7, 11) is 4.40. The Morgan fingerprint density at radius 2 is 1.92 bits per heavy atom. The number of halogens is 1. The molecule has 0 amide bonds. The molecule has 0 saturated heterocycles. The SMILES string of the molecule is COC(C)(C)CN(C)S(=O)(=O)Cl. The van der Waals surface area contributed by atoms with Gasteiger partial charge >= 0.3 is 0 Å². The molecule has 0 aliphatic rings. The molecule has 0 rings (SSSR count). The Hall–Kier alpha value is 0.160. The summed E-state index contributed by atoms with van der Waals surface area (Å²) in [6, 6.07) is 0. The molecule has 0 N–H and O–H groups in total. The fourth-order valence-corrected chi connectivity index (χ4v) is 1.29. The van der Waals surface area contributed by atoms with Gasteiger partial charge in [0.1, 0.15) is 0 Å². The maximum absolute atomic E-state index is 10.8. The van der Waals surface area contributed by atoms with E-state index in [4.69, 9.17) is 15.4 Å². The minimum Gasteiger partial charge on any atom is -0.377 e. The van der Waals surface area contributed by atoms with Crippen molar-refractivity contribution in [2.45, 2.75) is 19.4 Å². The minimum absolute atomic E-state index is 0.231. The third kappa shape index (κ3) is 4.25. The van der Waals surface area contributed by atoms with E-state index in [1.54, 1.807) is 13.8 Å². The lowest BCUT2D eigenvalue weighted by atomic mass is 10.1. The van der Waals surface area contributed by atoms with Crippen LogP contribution in [0.3, 0.4) is 0 Å². The topological polar surface area (TPSA) is 46.6 Å². The van der Waals surface area contributed by atoms with Gasteiger partial charge in [0.15, 0.2) is 0 Å². The van der Waals surface area contributed by atoms with Gasteiger partial charge in [0.2, 0.25) is 0 Å². The number of nitrogens with zero attached hydrogens (tertiary/aromatic N) is 1. The molecule has 0 heterocycles. The summed E-state index contributed by atoms with van der Waals surface area (Å²) in [4.78, 5) is 0. The van der Waals surface area contributed by atoms with Crippen LogP contribution in [0.15, 0.2) is 0 Å². The highest BCUT2D eigenvalue weighted by molar-refractivity contribution is 8.11. The molecule has 0 radical (unpaired) electrons. The first kappa shape index (κ1) is 12.2. The maximum atomic E-state index is 10.8. The highest BCUT2D eigenvalue weighted by atomic mass is 35.7. The molecule has 0 aromatic rings. The van der Waals surface area contributed by atoms with Gasteiger partial charge < -0.3 is 4.74 Å². The van der Waals surface area contributed by atoms with E-state index in [-0.39, 0.29) is 6.54 Å². The van der Waals surface area contributed by atoms with Crippen molar-refractivity contribution >= 4 is 19.9 Å². The molecule has 0 unspecified atom stereocenters. The predicted octanol–water partition coefficient (Wildman–Crippen LogP) is 0.827. The Morgan fingerprint density at radius 1 is 1.50 bits per heavy atom. The Bertz CT molecular complexity index is 237. The summed E-state index contributed by atoms with van der Waals surface area (Å²) < 4.78 is 27.6. The normalized spacial score (nSPS) is 13.8. The van der Waals surface area contributed by atoms with Crippen LogP contribution in [0, 0.1) is 0 Å². The van der Waals surface area contributed by atoms with Crippen LogP contribution in [-0.2, 0) is 14.0 Å². The van der Waals surface area contributed by atoms with Crippen LogP contribution >= 0.6 is 10.7 Å². The first-order valence-corrected chi connectivity index (χ1v) is 5.67. The van der Waals surface area contributed by atoms with Crippen LogP contribution < -0.4 is 0 Å². The van der Waals surface area contributed by atoms with Gasteiger partial charge in [-0.05, 0) is 13.8 Å². The molecule has 0 bridgehead atoms. The highest BCUT2D eigenvalue weighted by Gasteiger charge is 2.24. The Kier molecular flexibility index (Phi) is 3.96. The van der Waals surface area contributed by atoms with Gasteiger partial charge in [-0.1, -0.05) is 0 Å². The van der Waals surface area contributed by atoms with Gasteiger partial charge in [0.05, 0.1) is 5.60 Å². The molecule has 6 heteroatoms. The minimum atomic E-state index is -3.62. The number of ether oxygens (including phenoxy) is 1. The van der Waals surface area contributed by atoms with Crippen molar-refractivity contribution < 1.29 is 13.2 Å². The largest absolute Gasteiger partial charge is 0.377 e. The van der Waals surface area contributed by atoms with Crippen LogP contribution in [0.2, 0.25) is 0 Å². The third-order valence-corrected chi connectivity index (χ3v) is 3.11. The molecule has 0 aliphatic heterocycles. The second-order valence-corrected chi connectivity index (χ2v) is 5.78. The summed E-state index contributed by atoms with van der Waals surface area (Å²) >= 11 is 0. The zero-order valence-electron chi connectivity index (χ0n) is 7.67. The number of methoxy groups -OCH3 is 1. The maximum Gasteiger partial charge on any atom is 0.299 e. The van der Waals surface area contributed by atoms with E-state index in [0.717, 1.165) is 4.31 Å². The monoisotopic (exact) mass is 215 g/mol. The Labute approximate surface area is 78.0 Å². The van der Waals surface area contributed by atoms with Gasteiger partial charge in [0, 0.05) is 31.4 Å². The summed E-state index contributed by atoms with van der Waals surface area (Å²) in [5.74, 6) is 0. The second kappa shape index (κ2) is 3.91. The summed E-state index contributed by atoms with van der Waals surface area (Å²) in [5, 5.41) is 0. The van der Waals surface area contributed by atoms with Crippen molar-refractivity contribution in [3.63, 3.8) is 0 Å². The average molecular weight is 216 g/mol. The van der Waals surface area contributed by atoms with E-state index in [1.807, 2.05) is 0 Å². The lowest BCUT2D eigenvalue weighted by Crippen LogP contribution is -2.39. The fourth-order valence-electron chi connectivity index (χ4n) is 0.678. The zero-order chi connectivity index (χ0) is 9.99. The van der Waals surface area contributed by atoms with Crippen LogP contribution in [0.5, 0.6) is 0 Å². The average Bonchev–Trinajstić information content (AvgIpc) is 1.85. The van der Waals surface area contributed by atoms with Gasteiger partial charge in [-0.25, -0.2) is 0 Å². The number of likely N-dealkylation sites (N-methyl/N-ethyl adjacent to an activating group) is 1. The van der Waals surface area contributed by atoms with E-state index in [1.165, 1.54) is 14.2 Å². The van der Waals surface area contributed by atoms with Crippen LogP contribution in [-0.4, -0.2) is 39.0 Å². The van der Waals surface area contributed by atoms with E-state index in [2.05, 4.69) is 0 Å². The van der Waals surface area contributed by atoms with E-state index >= 15 is 0 Å². The Morgan fingerprint density at radius 3 is 2.17 bits per heavy atom. The molecular weight excluding hydrogens is 202 g/mol. The van der Waals surface area contributed by atoms with Crippen molar-refractivity contribution in [1.29, 1.82) is 0 Å². The Balaban J connectivity index is 4.29. The van der Waals surface area contributed by atoms with Gasteiger partial charge in [-0.15, -0.1) is 0 Å². The van der Waals surface area contributed by atoms with Crippen molar-refractivity contribution in [1.82, 2.24) is 4.31 Å². The number of hydrogen-bond acceptors (Lipinski definition) is 3. The quantitative estimate of drug-likeness (QED) is 0.653. The lowest BCUT2D eigenvalue weighted by Gasteiger charge is -2.26. The molecule has 74 valence electrons. The highest BCUT2D eigenvalue weighted by Crippen LogP contribution is 2.13. The van der Waals surface area contributed by atoms with Gasteiger partial charge in [0.25, 0.3) is 9.24 Å². The molecule has 0 fully saturated rings. The summed E-state index contributed by atoms with van der Waals surface area (Å²) in [6.07, 6.45) is 0. The van der Waals surface area contributed by atoms with E-state index in [9.17, 15) is 8.42 Å². The number of rotatable bonds is 4. The predicted molar refractivity (Wildman–Crippen MR) is 48.5 cm³/mol. The van der Waals surface area contributed by atoms with Crippen LogP contribution in [0.1, 0.15) is 13.8 Å². The molecule has 0 spiro atoms. The van der Waals surface area contributed by atoms with Crippen molar-refractivity contribution in [2.24, 2.45) is 0 Å². The third-order valence-electron chi connectivity index (χ3n) is 1.53. The van der Waals surface area contributed by atoms with Gasteiger partial charge in [-0.2, -0.15) is 12.7 Å². The molecule has 0 atom stereocenters. The second-order valence-electron chi connectivity index (χ2n) is 3.16. The molecule has 0 aromatic carbocycles. The van der Waals surface area contributed by atoms with Crippen molar-refractivity contribution in [3.05, 3.63) is 0 Å². The van der Waals surface area contributed by atoms with Crippen LogP contribution in [0.25, 0.3) is 0 Å². The molecule has 12 heavy (non-hydrogen) atoms. The zero-order valence-corrected chi connectivity index (χ0v) is 9.24. The standard InChI is InChI=1S/C6H14ClNO3S/c1-6(2,11-4)5-8(3)12(7,9)10/h5H2,1-4H3. The fraction of sp³-hybridized carbons (Fsp3) is 1.00. The summed E-state index contributed by atoms with van der Waals surface area (Å²) in [6.45, 7) is 3.80.